The second kappa shape index (κ2) is 16.4. The number of piperazine rings is 1. The predicted molar refractivity (Wildman–Crippen MR) is 173 cm³/mol. The summed E-state index contributed by atoms with van der Waals surface area (Å²) in [5.41, 5.74) is -0.0211. The summed E-state index contributed by atoms with van der Waals surface area (Å²) in [6, 6.07) is 5.20. The predicted octanol–water partition coefficient (Wildman–Crippen LogP) is 4.14. The fraction of sp³-hybridized carbons (Fsp3) is 0.719. The van der Waals surface area contributed by atoms with Gasteiger partial charge in [-0.3, -0.25) is 14.4 Å². The van der Waals surface area contributed by atoms with E-state index >= 15 is 0 Å². The van der Waals surface area contributed by atoms with Crippen molar-refractivity contribution in [3.8, 4) is 0 Å². The molecular formula is C32H52Cl2FN5O3. The van der Waals surface area contributed by atoms with Gasteiger partial charge in [0, 0.05) is 44.2 Å². The van der Waals surface area contributed by atoms with Gasteiger partial charge in [0.1, 0.15) is 11.9 Å². The van der Waals surface area contributed by atoms with Gasteiger partial charge < -0.3 is 26.2 Å². The number of hydrogen-bond donors (Lipinski definition) is 4. The Morgan fingerprint density at radius 3 is 2.16 bits per heavy atom. The van der Waals surface area contributed by atoms with Crippen LogP contribution in [0.1, 0.15) is 84.6 Å². The highest BCUT2D eigenvalue weighted by Crippen LogP contribution is 2.46. The summed E-state index contributed by atoms with van der Waals surface area (Å²) in [6.07, 6.45) is 8.10. The standard InChI is InChI=1S/C32H50FN5O3.2ClH/c1-5-25-20-35-27(21-34-25)28(39)36-26(19-22-11-13-24(33)14-12-22)29(40)38-17-15-32(16-18-38,23-9-7-6-8-10-23)30(41)37-31(2,3)4;;/h11-14,23,25-27,34-35H,5-10,15-21H2,1-4H3,(H,36,39)(H,37,41);2*1H/t25-,26+,27-;;/m0../s1. The Morgan fingerprint density at radius 2 is 1.63 bits per heavy atom. The lowest BCUT2D eigenvalue weighted by molar-refractivity contribution is -0.147. The molecule has 3 fully saturated rings. The third-order valence-electron chi connectivity index (χ3n) is 9.29. The van der Waals surface area contributed by atoms with Crippen LogP contribution < -0.4 is 21.3 Å². The van der Waals surface area contributed by atoms with Gasteiger partial charge >= 0.3 is 0 Å². The van der Waals surface area contributed by atoms with Crippen LogP contribution >= 0.6 is 24.8 Å². The van der Waals surface area contributed by atoms with Gasteiger partial charge in [0.15, 0.2) is 0 Å². The minimum absolute atomic E-state index is 0. The third-order valence-corrected chi connectivity index (χ3v) is 9.29. The van der Waals surface area contributed by atoms with Gasteiger partial charge in [0.25, 0.3) is 0 Å². The second-order valence-electron chi connectivity index (χ2n) is 13.4. The Balaban J connectivity index is 0.00000323. The van der Waals surface area contributed by atoms with E-state index in [0.29, 0.717) is 51.0 Å². The van der Waals surface area contributed by atoms with E-state index < -0.39 is 17.5 Å². The maximum Gasteiger partial charge on any atom is 0.245 e. The normalized spacial score (nSPS) is 23.2. The van der Waals surface area contributed by atoms with Crippen molar-refractivity contribution in [1.29, 1.82) is 0 Å². The zero-order valence-electron chi connectivity index (χ0n) is 26.2. The number of piperidine rings is 1. The van der Waals surface area contributed by atoms with E-state index in [1.54, 1.807) is 12.1 Å². The number of rotatable bonds is 8. The number of amides is 3. The Kier molecular flexibility index (Phi) is 14.2. The molecule has 4 rings (SSSR count). The van der Waals surface area contributed by atoms with E-state index in [2.05, 4.69) is 28.2 Å². The molecule has 0 unspecified atom stereocenters. The first kappa shape index (κ1) is 37.2. The van der Waals surface area contributed by atoms with Crippen molar-refractivity contribution in [3.05, 3.63) is 35.6 Å². The molecule has 0 spiro atoms. The van der Waals surface area contributed by atoms with Crippen molar-refractivity contribution in [3.63, 3.8) is 0 Å². The van der Waals surface area contributed by atoms with Crippen molar-refractivity contribution in [2.75, 3.05) is 26.2 Å². The van der Waals surface area contributed by atoms with Crippen LogP contribution in [0.4, 0.5) is 4.39 Å². The van der Waals surface area contributed by atoms with Gasteiger partial charge in [-0.1, -0.05) is 38.3 Å². The lowest BCUT2D eigenvalue weighted by Gasteiger charge is -2.48. The van der Waals surface area contributed by atoms with E-state index in [4.69, 9.17) is 0 Å². The number of nitrogens with one attached hydrogen (secondary N) is 4. The molecule has 3 amide bonds. The van der Waals surface area contributed by atoms with Crippen LogP contribution in [0.2, 0.25) is 0 Å². The molecule has 4 N–H and O–H groups in total. The average Bonchev–Trinajstić information content (AvgIpc) is 2.97. The molecule has 0 radical (unpaired) electrons. The summed E-state index contributed by atoms with van der Waals surface area (Å²) in [6.45, 7) is 10.3. The van der Waals surface area contributed by atoms with Gasteiger partial charge in [-0.05, 0) is 76.5 Å². The molecule has 11 heteroatoms. The number of benzene rings is 1. The van der Waals surface area contributed by atoms with Crippen molar-refractivity contribution in [2.24, 2.45) is 11.3 Å². The van der Waals surface area contributed by atoms with E-state index in [0.717, 1.165) is 37.7 Å². The maximum absolute atomic E-state index is 14.0. The van der Waals surface area contributed by atoms with Crippen LogP contribution in [0.15, 0.2) is 24.3 Å². The van der Waals surface area contributed by atoms with Crippen LogP contribution in [0, 0.1) is 17.2 Å². The summed E-state index contributed by atoms with van der Waals surface area (Å²) in [5, 5.41) is 13.0. The first-order valence-corrected chi connectivity index (χ1v) is 15.6. The zero-order valence-corrected chi connectivity index (χ0v) is 27.8. The Hall–Kier alpha value is -1.94. The minimum Gasteiger partial charge on any atom is -0.351 e. The molecule has 8 nitrogen and oxygen atoms in total. The number of likely N-dealkylation sites (tertiary alicyclic amines) is 1. The smallest absolute Gasteiger partial charge is 0.245 e. The molecule has 1 aromatic rings. The fourth-order valence-corrected chi connectivity index (χ4v) is 6.80. The fourth-order valence-electron chi connectivity index (χ4n) is 6.80. The van der Waals surface area contributed by atoms with Crippen LogP contribution in [0.5, 0.6) is 0 Å². The largest absolute Gasteiger partial charge is 0.351 e. The number of halogens is 3. The second-order valence-corrected chi connectivity index (χ2v) is 13.4. The zero-order chi connectivity index (χ0) is 29.6. The highest BCUT2D eigenvalue weighted by atomic mass is 35.5. The molecule has 0 aromatic heterocycles. The van der Waals surface area contributed by atoms with E-state index in [9.17, 15) is 18.8 Å². The molecule has 3 aliphatic rings. The number of carbonyl (C=O) groups is 3. The van der Waals surface area contributed by atoms with Gasteiger partial charge in [-0.15, -0.1) is 24.8 Å². The molecule has 2 aliphatic heterocycles. The molecule has 1 aromatic carbocycles. The van der Waals surface area contributed by atoms with Gasteiger partial charge in [-0.2, -0.15) is 0 Å². The highest BCUT2D eigenvalue weighted by Gasteiger charge is 2.49. The maximum atomic E-state index is 14.0. The molecule has 0 bridgehead atoms. The van der Waals surface area contributed by atoms with E-state index in [1.807, 2.05) is 25.7 Å². The molecule has 244 valence electrons. The lowest BCUT2D eigenvalue weighted by atomic mass is 9.63. The van der Waals surface area contributed by atoms with Gasteiger partial charge in [-0.25, -0.2) is 4.39 Å². The van der Waals surface area contributed by atoms with Crippen LogP contribution in [-0.2, 0) is 20.8 Å². The third kappa shape index (κ3) is 9.77. The Labute approximate surface area is 269 Å². The number of hydrogen-bond acceptors (Lipinski definition) is 5. The number of carbonyl (C=O) groups excluding carboxylic acids is 3. The summed E-state index contributed by atoms with van der Waals surface area (Å²) in [7, 11) is 0. The van der Waals surface area contributed by atoms with E-state index in [1.165, 1.54) is 18.6 Å². The van der Waals surface area contributed by atoms with Gasteiger partial charge in [0.2, 0.25) is 17.7 Å². The Bertz CT molecular complexity index is 1050. The average molecular weight is 645 g/mol. The topological polar surface area (TPSA) is 103 Å². The van der Waals surface area contributed by atoms with Crippen LogP contribution in [0.25, 0.3) is 0 Å². The van der Waals surface area contributed by atoms with Crippen molar-refractivity contribution < 1.29 is 18.8 Å². The molecule has 2 saturated heterocycles. The SMILES string of the molecule is CC[C@H]1CN[C@H](C(=O)N[C@H](Cc2ccc(F)cc2)C(=O)N2CCC(C(=O)NC(C)(C)C)(C3CCCCC3)CC2)CN1.Cl.Cl. The quantitative estimate of drug-likeness (QED) is 0.341. The monoisotopic (exact) mass is 643 g/mol. The van der Waals surface area contributed by atoms with Crippen LogP contribution in [-0.4, -0.2) is 72.5 Å². The Morgan fingerprint density at radius 1 is 1.00 bits per heavy atom. The molecule has 1 aliphatic carbocycles. The summed E-state index contributed by atoms with van der Waals surface area (Å²) in [4.78, 5) is 42.8. The summed E-state index contributed by atoms with van der Waals surface area (Å²) < 4.78 is 13.6. The molecule has 1 saturated carbocycles. The first-order valence-electron chi connectivity index (χ1n) is 15.6. The highest BCUT2D eigenvalue weighted by molar-refractivity contribution is 5.91. The lowest BCUT2D eigenvalue weighted by Crippen LogP contribution is -2.62. The van der Waals surface area contributed by atoms with Crippen molar-refractivity contribution in [1.82, 2.24) is 26.2 Å². The molecule has 43 heavy (non-hydrogen) atoms. The molecule has 2 heterocycles. The van der Waals surface area contributed by atoms with Crippen LogP contribution in [0.3, 0.4) is 0 Å². The first-order chi connectivity index (χ1) is 19.5. The molecular weight excluding hydrogens is 592 g/mol. The van der Waals surface area contributed by atoms with Crippen molar-refractivity contribution >= 4 is 42.5 Å². The summed E-state index contributed by atoms with van der Waals surface area (Å²) >= 11 is 0. The number of nitrogens with zero attached hydrogens (tertiary/aromatic N) is 1. The molecule has 3 atom stereocenters. The minimum atomic E-state index is -0.774. The van der Waals surface area contributed by atoms with Crippen molar-refractivity contribution in [2.45, 2.75) is 109 Å². The van der Waals surface area contributed by atoms with E-state index in [-0.39, 0.29) is 60.3 Å². The van der Waals surface area contributed by atoms with Gasteiger partial charge in [0.05, 0.1) is 11.5 Å². The summed E-state index contributed by atoms with van der Waals surface area (Å²) in [5.74, 6) is -0.270.